The fourth-order valence-corrected chi connectivity index (χ4v) is 2.63. The van der Waals surface area contributed by atoms with Crippen molar-refractivity contribution >= 4 is 22.9 Å². The molecule has 25 heavy (non-hydrogen) atoms. The molecule has 7 heteroatoms. The number of ether oxygens (including phenoxy) is 1. The average molecular weight is 338 g/mol. The Morgan fingerprint density at radius 3 is 2.76 bits per heavy atom. The van der Waals surface area contributed by atoms with E-state index in [0.717, 1.165) is 11.0 Å². The van der Waals surface area contributed by atoms with Gasteiger partial charge in [0.05, 0.1) is 29.7 Å². The van der Waals surface area contributed by atoms with Gasteiger partial charge in [0, 0.05) is 12.4 Å². The summed E-state index contributed by atoms with van der Waals surface area (Å²) in [6.45, 7) is 1.85. The molecule has 1 unspecified atom stereocenters. The maximum absolute atomic E-state index is 12.4. The van der Waals surface area contributed by atoms with Crippen LogP contribution in [0.15, 0.2) is 48.8 Å². The number of nitrogens with zero attached hydrogens (tertiary/aromatic N) is 3. The van der Waals surface area contributed by atoms with E-state index in [9.17, 15) is 9.59 Å². The number of carbonyl (C=O) groups excluding carboxylic acids is 2. The Kier molecular flexibility index (Phi) is 4.74. The number of esters is 1. The number of fused-ring (bicyclic) bond motifs is 1. The van der Waals surface area contributed by atoms with Gasteiger partial charge in [-0.25, -0.2) is 4.98 Å². The molecule has 0 aliphatic rings. The maximum atomic E-state index is 12.4. The monoisotopic (exact) mass is 338 g/mol. The maximum Gasteiger partial charge on any atom is 0.325 e. The Labute approximate surface area is 144 Å². The van der Waals surface area contributed by atoms with Crippen LogP contribution >= 0.6 is 0 Å². The quantitative estimate of drug-likeness (QED) is 0.720. The van der Waals surface area contributed by atoms with Crippen LogP contribution in [0.4, 0.5) is 0 Å². The minimum Gasteiger partial charge on any atom is -0.468 e. The fourth-order valence-electron chi connectivity index (χ4n) is 2.63. The van der Waals surface area contributed by atoms with Crippen molar-refractivity contribution < 1.29 is 14.3 Å². The van der Waals surface area contributed by atoms with Crippen LogP contribution in [0, 0.1) is 0 Å². The molecule has 0 aliphatic carbocycles. The number of pyridine rings is 1. The molecule has 1 N–H and O–H groups in total. The highest BCUT2D eigenvalue weighted by atomic mass is 16.5. The summed E-state index contributed by atoms with van der Waals surface area (Å²) in [6.07, 6.45) is 3.11. The van der Waals surface area contributed by atoms with Gasteiger partial charge >= 0.3 is 5.97 Å². The molecule has 128 valence electrons. The minimum atomic E-state index is -0.398. The lowest BCUT2D eigenvalue weighted by atomic mass is 10.2. The molecule has 1 aromatic carbocycles. The molecule has 3 aromatic rings. The lowest BCUT2D eigenvalue weighted by molar-refractivity contribution is -0.141. The number of hydrogen-bond donors (Lipinski definition) is 1. The number of nitrogens with one attached hydrogen (secondary N) is 1. The van der Waals surface area contributed by atoms with Gasteiger partial charge in [-0.1, -0.05) is 12.1 Å². The van der Waals surface area contributed by atoms with Gasteiger partial charge in [0.1, 0.15) is 12.4 Å². The molecule has 1 atom stereocenters. The van der Waals surface area contributed by atoms with Crippen molar-refractivity contribution in [2.45, 2.75) is 19.5 Å². The summed E-state index contributed by atoms with van der Waals surface area (Å²) >= 11 is 0. The number of hydrogen-bond acceptors (Lipinski definition) is 5. The molecule has 0 radical (unpaired) electrons. The van der Waals surface area contributed by atoms with Crippen molar-refractivity contribution in [3.63, 3.8) is 0 Å². The smallest absolute Gasteiger partial charge is 0.325 e. The zero-order valence-corrected chi connectivity index (χ0v) is 14.0. The molecule has 0 bridgehead atoms. The third-order valence-corrected chi connectivity index (χ3v) is 3.86. The van der Waals surface area contributed by atoms with Gasteiger partial charge in [-0.15, -0.1) is 0 Å². The normalized spacial score (nSPS) is 11.9. The second-order valence-electron chi connectivity index (χ2n) is 5.56. The number of rotatable bonds is 5. The number of benzene rings is 1. The molecule has 3 rings (SSSR count). The number of aromatic nitrogens is 3. The number of amides is 1. The summed E-state index contributed by atoms with van der Waals surface area (Å²) in [7, 11) is 1.34. The standard InChI is InChI=1S/C18H18N4O3/c1-12(20-18(24)13-6-5-9-19-10-13)17-21-14-7-3-4-8-15(14)22(17)11-16(23)25-2/h3-10,12H,11H2,1-2H3,(H,20,24). The number of carbonyl (C=O) groups is 2. The van der Waals surface area contributed by atoms with Crippen LogP contribution in [0.25, 0.3) is 11.0 Å². The third kappa shape index (κ3) is 3.50. The van der Waals surface area contributed by atoms with Crippen LogP contribution in [0.3, 0.4) is 0 Å². The summed E-state index contributed by atoms with van der Waals surface area (Å²) in [6, 6.07) is 10.5. The zero-order valence-electron chi connectivity index (χ0n) is 14.0. The topological polar surface area (TPSA) is 86.1 Å². The van der Waals surface area contributed by atoms with Gasteiger partial charge < -0.3 is 14.6 Å². The highest BCUT2D eigenvalue weighted by Gasteiger charge is 2.20. The molecule has 0 saturated carbocycles. The summed E-state index contributed by atoms with van der Waals surface area (Å²) in [5.74, 6) is -0.0451. The highest BCUT2D eigenvalue weighted by Crippen LogP contribution is 2.21. The molecule has 7 nitrogen and oxygen atoms in total. The van der Waals surface area contributed by atoms with Crippen molar-refractivity contribution in [1.29, 1.82) is 0 Å². The minimum absolute atomic E-state index is 0.0272. The van der Waals surface area contributed by atoms with Gasteiger partial charge in [-0.05, 0) is 31.2 Å². The van der Waals surface area contributed by atoms with E-state index < -0.39 is 6.04 Å². The van der Waals surface area contributed by atoms with Gasteiger partial charge in [-0.3, -0.25) is 14.6 Å². The van der Waals surface area contributed by atoms with Crippen LogP contribution in [-0.2, 0) is 16.1 Å². The van der Waals surface area contributed by atoms with Crippen molar-refractivity contribution in [2.75, 3.05) is 7.11 Å². The number of methoxy groups -OCH3 is 1. The Hall–Kier alpha value is -3.22. The highest BCUT2D eigenvalue weighted by molar-refractivity contribution is 5.94. The first kappa shape index (κ1) is 16.6. The van der Waals surface area contributed by atoms with E-state index in [1.54, 1.807) is 22.9 Å². The largest absolute Gasteiger partial charge is 0.468 e. The summed E-state index contributed by atoms with van der Waals surface area (Å²) in [5, 5.41) is 2.89. The number of para-hydroxylation sites is 2. The van der Waals surface area contributed by atoms with Crippen LogP contribution in [0.2, 0.25) is 0 Å². The van der Waals surface area contributed by atoms with E-state index in [-0.39, 0.29) is 18.4 Å². The molecule has 0 spiro atoms. The third-order valence-electron chi connectivity index (χ3n) is 3.86. The Morgan fingerprint density at radius 1 is 1.24 bits per heavy atom. The van der Waals surface area contributed by atoms with Gasteiger partial charge in [0.15, 0.2) is 0 Å². The summed E-state index contributed by atoms with van der Waals surface area (Å²) < 4.78 is 6.53. The molecule has 1 amide bonds. The van der Waals surface area contributed by atoms with Crippen LogP contribution in [0.5, 0.6) is 0 Å². The molecule has 2 aromatic heterocycles. The molecular weight excluding hydrogens is 320 g/mol. The first-order valence-electron chi connectivity index (χ1n) is 7.83. The molecular formula is C18H18N4O3. The first-order valence-corrected chi connectivity index (χ1v) is 7.83. The predicted molar refractivity (Wildman–Crippen MR) is 91.9 cm³/mol. The first-order chi connectivity index (χ1) is 12.1. The number of imidazole rings is 1. The zero-order chi connectivity index (χ0) is 17.8. The van der Waals surface area contributed by atoms with Gasteiger partial charge in [-0.2, -0.15) is 0 Å². The molecule has 0 aliphatic heterocycles. The van der Waals surface area contributed by atoms with Crippen molar-refractivity contribution in [2.24, 2.45) is 0 Å². The average Bonchev–Trinajstić information content (AvgIpc) is 3.01. The second kappa shape index (κ2) is 7.12. The van der Waals surface area contributed by atoms with Crippen LogP contribution < -0.4 is 5.32 Å². The molecule has 0 saturated heterocycles. The fraction of sp³-hybridized carbons (Fsp3) is 0.222. The predicted octanol–water partition coefficient (Wildman–Crippen LogP) is 2.10. The van der Waals surface area contributed by atoms with E-state index in [1.165, 1.54) is 13.3 Å². The van der Waals surface area contributed by atoms with Crippen molar-refractivity contribution in [3.8, 4) is 0 Å². The van der Waals surface area contributed by atoms with Crippen molar-refractivity contribution in [1.82, 2.24) is 19.9 Å². The second-order valence-corrected chi connectivity index (χ2v) is 5.56. The SMILES string of the molecule is COC(=O)Cn1c(C(C)NC(=O)c2cccnc2)nc2ccccc21. The lowest BCUT2D eigenvalue weighted by Gasteiger charge is -2.15. The Bertz CT molecular complexity index is 905. The molecule has 0 fully saturated rings. The van der Waals surface area contributed by atoms with E-state index in [1.807, 2.05) is 31.2 Å². The van der Waals surface area contributed by atoms with Crippen LogP contribution in [0.1, 0.15) is 29.1 Å². The summed E-state index contributed by atoms with van der Waals surface area (Å²) in [5.41, 5.74) is 2.03. The van der Waals surface area contributed by atoms with Gasteiger partial charge in [0.25, 0.3) is 5.91 Å². The Morgan fingerprint density at radius 2 is 2.04 bits per heavy atom. The van der Waals surface area contributed by atoms with Crippen molar-refractivity contribution in [3.05, 3.63) is 60.2 Å². The molecule has 2 heterocycles. The van der Waals surface area contributed by atoms with E-state index in [4.69, 9.17) is 4.74 Å². The summed E-state index contributed by atoms with van der Waals surface area (Å²) in [4.78, 5) is 32.6. The van der Waals surface area contributed by atoms with E-state index in [0.29, 0.717) is 11.4 Å². The Balaban J connectivity index is 1.92. The van der Waals surface area contributed by atoms with Gasteiger partial charge in [0.2, 0.25) is 0 Å². The van der Waals surface area contributed by atoms with E-state index >= 15 is 0 Å². The van der Waals surface area contributed by atoms with E-state index in [2.05, 4.69) is 15.3 Å². The van der Waals surface area contributed by atoms with Crippen LogP contribution in [-0.4, -0.2) is 33.5 Å². The lowest BCUT2D eigenvalue weighted by Crippen LogP contribution is -2.29.